The van der Waals surface area contributed by atoms with Gasteiger partial charge in [-0.2, -0.15) is 13.2 Å². The fourth-order valence-electron chi connectivity index (χ4n) is 2.32. The van der Waals surface area contributed by atoms with Crippen LogP contribution in [0, 0.1) is 0 Å². The van der Waals surface area contributed by atoms with Crippen LogP contribution in [0.1, 0.15) is 5.56 Å². The third kappa shape index (κ3) is 3.91. The summed E-state index contributed by atoms with van der Waals surface area (Å²) in [7, 11) is 1.75. The van der Waals surface area contributed by atoms with E-state index in [1.165, 1.54) is 12.1 Å². The third-order valence-electron chi connectivity index (χ3n) is 3.66. The van der Waals surface area contributed by atoms with Gasteiger partial charge in [-0.05, 0) is 54.1 Å². The van der Waals surface area contributed by atoms with Crippen molar-refractivity contribution in [1.82, 2.24) is 9.55 Å². The van der Waals surface area contributed by atoms with Crippen LogP contribution in [0.15, 0.2) is 42.5 Å². The number of hydrogen-bond donors (Lipinski definition) is 1. The summed E-state index contributed by atoms with van der Waals surface area (Å²) in [5.41, 5.74) is 1.18. The van der Waals surface area contributed by atoms with Gasteiger partial charge in [0.25, 0.3) is 5.91 Å². The Kier molecular flexibility index (Phi) is 4.78. The van der Waals surface area contributed by atoms with E-state index in [2.05, 4.69) is 10.3 Å². The predicted octanol–water partition coefficient (Wildman–Crippen LogP) is 4.26. The highest BCUT2D eigenvalue weighted by atomic mass is 35.5. The Bertz CT molecular complexity index is 952. The quantitative estimate of drug-likeness (QED) is 0.732. The summed E-state index contributed by atoms with van der Waals surface area (Å²) < 4.78 is 44.4. The molecule has 0 aliphatic carbocycles. The van der Waals surface area contributed by atoms with E-state index in [9.17, 15) is 18.0 Å². The number of imidazole rings is 1. The SMILES string of the molecule is Cn1c(Cl)nc2ccc(NC(=O)COc3ccc(C(F)(F)F)cc3)cc21. The van der Waals surface area contributed by atoms with Gasteiger partial charge in [-0.15, -0.1) is 0 Å². The summed E-state index contributed by atoms with van der Waals surface area (Å²) in [5.74, 6) is -0.278. The number of carbonyl (C=O) groups is 1. The predicted molar refractivity (Wildman–Crippen MR) is 91.3 cm³/mol. The van der Waals surface area contributed by atoms with E-state index in [1.54, 1.807) is 29.8 Å². The topological polar surface area (TPSA) is 56.2 Å². The minimum absolute atomic E-state index is 0.169. The molecule has 3 aromatic rings. The maximum atomic E-state index is 12.5. The lowest BCUT2D eigenvalue weighted by atomic mass is 10.2. The minimum Gasteiger partial charge on any atom is -0.484 e. The van der Waals surface area contributed by atoms with Crippen LogP contribution in [0.25, 0.3) is 11.0 Å². The van der Waals surface area contributed by atoms with E-state index in [4.69, 9.17) is 16.3 Å². The lowest BCUT2D eigenvalue weighted by Gasteiger charge is -2.10. The molecule has 1 amide bonds. The molecule has 0 unspecified atom stereocenters. The van der Waals surface area contributed by atoms with Gasteiger partial charge < -0.3 is 14.6 Å². The van der Waals surface area contributed by atoms with Crippen molar-refractivity contribution in [3.63, 3.8) is 0 Å². The third-order valence-corrected chi connectivity index (χ3v) is 4.00. The molecule has 0 saturated carbocycles. The molecule has 9 heteroatoms. The van der Waals surface area contributed by atoms with Crippen LogP contribution in [0.5, 0.6) is 5.75 Å². The van der Waals surface area contributed by atoms with Gasteiger partial charge in [0.05, 0.1) is 16.6 Å². The van der Waals surface area contributed by atoms with Crippen molar-refractivity contribution < 1.29 is 22.7 Å². The fraction of sp³-hybridized carbons (Fsp3) is 0.176. The average Bonchev–Trinajstić information content (AvgIpc) is 2.87. The summed E-state index contributed by atoms with van der Waals surface area (Å²) in [6.07, 6.45) is -4.41. The van der Waals surface area contributed by atoms with Crippen LogP contribution < -0.4 is 10.1 Å². The number of aromatic nitrogens is 2. The molecular weight excluding hydrogens is 371 g/mol. The van der Waals surface area contributed by atoms with Crippen molar-refractivity contribution in [3.05, 3.63) is 53.3 Å². The zero-order valence-corrected chi connectivity index (χ0v) is 14.2. The van der Waals surface area contributed by atoms with Gasteiger partial charge in [-0.25, -0.2) is 4.98 Å². The monoisotopic (exact) mass is 383 g/mol. The molecular formula is C17H13ClF3N3O2. The maximum Gasteiger partial charge on any atom is 0.416 e. The molecule has 5 nitrogen and oxygen atoms in total. The van der Waals surface area contributed by atoms with E-state index in [-0.39, 0.29) is 12.4 Å². The number of nitrogens with zero attached hydrogens (tertiary/aromatic N) is 2. The highest BCUT2D eigenvalue weighted by Gasteiger charge is 2.30. The van der Waals surface area contributed by atoms with Crippen LogP contribution in [0.4, 0.5) is 18.9 Å². The van der Waals surface area contributed by atoms with Crippen molar-refractivity contribution >= 4 is 34.2 Å². The number of benzene rings is 2. The number of fused-ring (bicyclic) bond motifs is 1. The first kappa shape index (κ1) is 18.1. The van der Waals surface area contributed by atoms with Crippen molar-refractivity contribution in [1.29, 1.82) is 0 Å². The van der Waals surface area contributed by atoms with Gasteiger partial charge in [0.2, 0.25) is 5.28 Å². The molecule has 0 bridgehead atoms. The van der Waals surface area contributed by atoms with Gasteiger partial charge in [0, 0.05) is 12.7 Å². The highest BCUT2D eigenvalue weighted by Crippen LogP contribution is 2.30. The Morgan fingerprint density at radius 1 is 1.23 bits per heavy atom. The lowest BCUT2D eigenvalue weighted by molar-refractivity contribution is -0.137. The number of alkyl halides is 3. The second-order valence-corrected chi connectivity index (χ2v) is 5.84. The molecule has 0 saturated heterocycles. The normalized spacial score (nSPS) is 11.6. The number of nitrogens with one attached hydrogen (secondary N) is 1. The number of rotatable bonds is 4. The molecule has 0 atom stereocenters. The minimum atomic E-state index is -4.41. The lowest BCUT2D eigenvalue weighted by Crippen LogP contribution is -2.20. The van der Waals surface area contributed by atoms with Crippen LogP contribution in [0.2, 0.25) is 5.28 Å². The van der Waals surface area contributed by atoms with Gasteiger partial charge in [-0.3, -0.25) is 4.79 Å². The standard InChI is InChI=1S/C17H13ClF3N3O2/c1-24-14-8-11(4-7-13(14)23-16(24)18)22-15(25)9-26-12-5-2-10(3-6-12)17(19,20)21/h2-8H,9H2,1H3,(H,22,25). The first-order chi connectivity index (χ1) is 12.2. The van der Waals surface area contributed by atoms with Crippen LogP contribution >= 0.6 is 11.6 Å². The summed E-state index contributed by atoms with van der Waals surface area (Å²) in [4.78, 5) is 16.1. The Hall–Kier alpha value is -2.74. The molecule has 3 rings (SSSR count). The second kappa shape index (κ2) is 6.87. The number of aryl methyl sites for hydroxylation is 1. The summed E-state index contributed by atoms with van der Waals surface area (Å²) >= 11 is 5.94. The van der Waals surface area contributed by atoms with Crippen molar-refractivity contribution in [2.24, 2.45) is 7.05 Å². The summed E-state index contributed by atoms with van der Waals surface area (Å²) in [6, 6.07) is 9.22. The van der Waals surface area contributed by atoms with E-state index in [0.717, 1.165) is 17.6 Å². The fourth-order valence-corrected chi connectivity index (χ4v) is 2.51. The van der Waals surface area contributed by atoms with Crippen molar-refractivity contribution in [3.8, 4) is 5.75 Å². The van der Waals surface area contributed by atoms with Crippen LogP contribution in [0.3, 0.4) is 0 Å². The molecule has 0 aliphatic heterocycles. The number of carbonyl (C=O) groups excluding carboxylic acids is 1. The van der Waals surface area contributed by atoms with Crippen LogP contribution in [-0.4, -0.2) is 22.1 Å². The highest BCUT2D eigenvalue weighted by molar-refractivity contribution is 6.29. The molecule has 2 aromatic carbocycles. The van der Waals surface area contributed by atoms with Crippen molar-refractivity contribution in [2.45, 2.75) is 6.18 Å². The molecule has 0 fully saturated rings. The molecule has 136 valence electrons. The molecule has 0 radical (unpaired) electrons. The molecule has 0 spiro atoms. The number of hydrogen-bond acceptors (Lipinski definition) is 3. The zero-order chi connectivity index (χ0) is 18.9. The molecule has 0 aliphatic rings. The van der Waals surface area contributed by atoms with E-state index in [0.29, 0.717) is 16.5 Å². The van der Waals surface area contributed by atoms with Crippen molar-refractivity contribution in [2.75, 3.05) is 11.9 Å². The maximum absolute atomic E-state index is 12.5. The molecule has 1 heterocycles. The van der Waals surface area contributed by atoms with E-state index < -0.39 is 17.6 Å². The Labute approximate surface area is 151 Å². The molecule has 1 N–H and O–H groups in total. The number of amides is 1. The van der Waals surface area contributed by atoms with Gasteiger partial charge in [-0.1, -0.05) is 0 Å². The summed E-state index contributed by atoms with van der Waals surface area (Å²) in [6.45, 7) is -0.338. The number of ether oxygens (including phenoxy) is 1. The van der Waals surface area contributed by atoms with Gasteiger partial charge >= 0.3 is 6.18 Å². The van der Waals surface area contributed by atoms with Crippen LogP contribution in [-0.2, 0) is 18.0 Å². The van der Waals surface area contributed by atoms with E-state index in [1.807, 2.05) is 0 Å². The Morgan fingerprint density at radius 2 is 1.92 bits per heavy atom. The molecule has 1 aromatic heterocycles. The first-order valence-corrected chi connectivity index (χ1v) is 7.84. The van der Waals surface area contributed by atoms with E-state index >= 15 is 0 Å². The molecule has 26 heavy (non-hydrogen) atoms. The summed E-state index contributed by atoms with van der Waals surface area (Å²) in [5, 5.41) is 2.98. The largest absolute Gasteiger partial charge is 0.484 e. The average molecular weight is 384 g/mol. The second-order valence-electron chi connectivity index (χ2n) is 5.50. The zero-order valence-electron chi connectivity index (χ0n) is 13.5. The van der Waals surface area contributed by atoms with Gasteiger partial charge in [0.15, 0.2) is 6.61 Å². The van der Waals surface area contributed by atoms with Gasteiger partial charge in [0.1, 0.15) is 5.75 Å². The number of halogens is 4. The smallest absolute Gasteiger partial charge is 0.416 e. The Balaban J connectivity index is 1.61. The number of anilines is 1. The first-order valence-electron chi connectivity index (χ1n) is 7.46. The Morgan fingerprint density at radius 3 is 2.58 bits per heavy atom.